The summed E-state index contributed by atoms with van der Waals surface area (Å²) < 4.78 is 26.4. The molecular formula is C15H15F2N3O4. The van der Waals surface area contributed by atoms with E-state index < -0.39 is 54.1 Å². The summed E-state index contributed by atoms with van der Waals surface area (Å²) in [5.41, 5.74) is -0.179. The molecule has 0 unspecified atom stereocenters. The first-order chi connectivity index (χ1) is 11.4. The molecule has 2 heterocycles. The highest BCUT2D eigenvalue weighted by atomic mass is 19.1. The minimum absolute atomic E-state index is 0.0942. The number of fused-ring (bicyclic) bond motifs is 1. The number of benzene rings is 1. The lowest BCUT2D eigenvalue weighted by Gasteiger charge is -2.33. The minimum Gasteiger partial charge on any atom is -0.394 e. The maximum absolute atomic E-state index is 13.2. The number of nitrogens with one attached hydrogen (secondary N) is 2. The Bertz CT molecular complexity index is 692. The highest BCUT2D eigenvalue weighted by Crippen LogP contribution is 2.23. The number of hydrogen-bond donors (Lipinski definition) is 3. The average molecular weight is 339 g/mol. The van der Waals surface area contributed by atoms with Gasteiger partial charge in [0.2, 0.25) is 11.8 Å². The summed E-state index contributed by atoms with van der Waals surface area (Å²) in [6.45, 7) is -0.412. The molecular weight excluding hydrogens is 324 g/mol. The van der Waals surface area contributed by atoms with Crippen LogP contribution in [0.4, 0.5) is 8.78 Å². The van der Waals surface area contributed by atoms with Crippen LogP contribution in [0.1, 0.15) is 16.8 Å². The highest BCUT2D eigenvalue weighted by Gasteiger charge is 2.46. The van der Waals surface area contributed by atoms with Crippen molar-refractivity contribution in [2.75, 3.05) is 13.2 Å². The van der Waals surface area contributed by atoms with E-state index in [0.29, 0.717) is 6.07 Å². The van der Waals surface area contributed by atoms with Crippen LogP contribution in [0, 0.1) is 11.6 Å². The molecule has 3 rings (SSSR count). The second-order valence-corrected chi connectivity index (χ2v) is 5.81. The van der Waals surface area contributed by atoms with Gasteiger partial charge in [-0.25, -0.2) is 8.78 Å². The molecule has 3 atom stereocenters. The standard InChI is InChI=1S/C15H15F2N3O4/c16-8-1-7(2-9(17)3-8)13(22)18-10-4-12-14(23)19-11(6-21)15(24)20(12)5-10/h1-3,10-12,21H,4-6H2,(H,18,22)(H,19,23)/t10-,11-,12-/m0/s1. The van der Waals surface area contributed by atoms with Gasteiger partial charge >= 0.3 is 0 Å². The predicted octanol–water partition coefficient (Wildman–Crippen LogP) is -0.845. The van der Waals surface area contributed by atoms with E-state index in [1.54, 1.807) is 0 Å². The lowest BCUT2D eigenvalue weighted by Crippen LogP contribution is -2.62. The summed E-state index contributed by atoms with van der Waals surface area (Å²) in [5, 5.41) is 14.1. The molecule has 0 bridgehead atoms. The average Bonchev–Trinajstić information content (AvgIpc) is 2.94. The largest absolute Gasteiger partial charge is 0.394 e. The lowest BCUT2D eigenvalue weighted by atomic mass is 10.1. The minimum atomic E-state index is -0.986. The van der Waals surface area contributed by atoms with E-state index in [1.165, 1.54) is 4.90 Å². The van der Waals surface area contributed by atoms with Gasteiger partial charge in [0.25, 0.3) is 5.91 Å². The maximum atomic E-state index is 13.2. The summed E-state index contributed by atoms with van der Waals surface area (Å²) in [6.07, 6.45) is 0.194. The third-order valence-corrected chi connectivity index (χ3v) is 4.14. The molecule has 0 radical (unpaired) electrons. The van der Waals surface area contributed by atoms with Crippen molar-refractivity contribution in [3.05, 3.63) is 35.4 Å². The number of piperazine rings is 1. The van der Waals surface area contributed by atoms with Gasteiger partial charge in [0.15, 0.2) is 0 Å². The van der Waals surface area contributed by atoms with Crippen molar-refractivity contribution in [3.8, 4) is 0 Å². The summed E-state index contributed by atoms with van der Waals surface area (Å²) in [4.78, 5) is 37.5. The number of halogens is 2. The summed E-state index contributed by atoms with van der Waals surface area (Å²) in [5.74, 6) is -3.25. The number of carbonyl (C=O) groups excluding carboxylic acids is 3. The number of carbonyl (C=O) groups is 3. The Morgan fingerprint density at radius 1 is 1.29 bits per heavy atom. The molecule has 2 aliphatic rings. The first-order valence-corrected chi connectivity index (χ1v) is 7.37. The Balaban J connectivity index is 1.70. The molecule has 0 aromatic heterocycles. The zero-order chi connectivity index (χ0) is 17.4. The van der Waals surface area contributed by atoms with E-state index in [0.717, 1.165) is 12.1 Å². The van der Waals surface area contributed by atoms with Crippen LogP contribution < -0.4 is 10.6 Å². The Kier molecular flexibility index (Phi) is 4.18. The van der Waals surface area contributed by atoms with Crippen LogP contribution in [0.15, 0.2) is 18.2 Å². The van der Waals surface area contributed by atoms with Gasteiger partial charge < -0.3 is 20.6 Å². The fourth-order valence-electron chi connectivity index (χ4n) is 3.04. The van der Waals surface area contributed by atoms with Gasteiger partial charge in [-0.15, -0.1) is 0 Å². The van der Waals surface area contributed by atoms with Crippen molar-refractivity contribution in [3.63, 3.8) is 0 Å². The molecule has 3 N–H and O–H groups in total. The lowest BCUT2D eigenvalue weighted by molar-refractivity contribution is -0.148. The molecule has 0 saturated carbocycles. The van der Waals surface area contributed by atoms with E-state index in [2.05, 4.69) is 10.6 Å². The predicted molar refractivity (Wildman–Crippen MR) is 76.7 cm³/mol. The van der Waals surface area contributed by atoms with Gasteiger partial charge in [-0.1, -0.05) is 0 Å². The number of rotatable bonds is 3. The van der Waals surface area contributed by atoms with Crippen molar-refractivity contribution in [1.29, 1.82) is 0 Å². The Labute approximate surface area is 135 Å². The summed E-state index contributed by atoms with van der Waals surface area (Å²) in [7, 11) is 0. The van der Waals surface area contributed by atoms with Crippen molar-refractivity contribution in [2.45, 2.75) is 24.5 Å². The maximum Gasteiger partial charge on any atom is 0.251 e. The van der Waals surface area contributed by atoms with Gasteiger partial charge in [0, 0.05) is 24.2 Å². The fraction of sp³-hybridized carbons (Fsp3) is 0.400. The second kappa shape index (κ2) is 6.16. The quantitative estimate of drug-likeness (QED) is 0.668. The van der Waals surface area contributed by atoms with Crippen molar-refractivity contribution in [2.24, 2.45) is 0 Å². The van der Waals surface area contributed by atoms with Crippen molar-refractivity contribution in [1.82, 2.24) is 15.5 Å². The van der Waals surface area contributed by atoms with Crippen LogP contribution in [-0.4, -0.2) is 59.0 Å². The first-order valence-electron chi connectivity index (χ1n) is 7.37. The van der Waals surface area contributed by atoms with Gasteiger partial charge in [0.05, 0.1) is 6.61 Å². The SMILES string of the molecule is O=C(N[C@H]1C[C@H]2C(=O)N[C@@H](CO)C(=O)N2C1)c1cc(F)cc(F)c1. The number of aliphatic hydroxyl groups excluding tert-OH is 1. The van der Waals surface area contributed by atoms with Gasteiger partial charge in [0.1, 0.15) is 23.7 Å². The Hall–Kier alpha value is -2.55. The monoisotopic (exact) mass is 339 g/mol. The molecule has 24 heavy (non-hydrogen) atoms. The van der Waals surface area contributed by atoms with Gasteiger partial charge in [-0.05, 0) is 18.6 Å². The third-order valence-electron chi connectivity index (χ3n) is 4.14. The first kappa shape index (κ1) is 16.3. The van der Waals surface area contributed by atoms with Gasteiger partial charge in [-0.3, -0.25) is 14.4 Å². The Morgan fingerprint density at radius 2 is 1.96 bits per heavy atom. The molecule has 9 heteroatoms. The van der Waals surface area contributed by atoms with E-state index >= 15 is 0 Å². The van der Waals surface area contributed by atoms with Crippen LogP contribution in [0.25, 0.3) is 0 Å². The zero-order valence-electron chi connectivity index (χ0n) is 12.5. The second-order valence-electron chi connectivity index (χ2n) is 5.81. The number of nitrogens with zero attached hydrogens (tertiary/aromatic N) is 1. The third kappa shape index (κ3) is 2.94. The molecule has 2 saturated heterocycles. The van der Waals surface area contributed by atoms with Crippen molar-refractivity contribution >= 4 is 17.7 Å². The smallest absolute Gasteiger partial charge is 0.251 e. The zero-order valence-corrected chi connectivity index (χ0v) is 12.5. The van der Waals surface area contributed by atoms with Crippen molar-refractivity contribution < 1.29 is 28.3 Å². The highest BCUT2D eigenvalue weighted by molar-refractivity contribution is 5.98. The van der Waals surface area contributed by atoms with Crippen LogP contribution in [0.5, 0.6) is 0 Å². The molecule has 128 valence electrons. The molecule has 1 aromatic carbocycles. The summed E-state index contributed by atoms with van der Waals surface area (Å²) >= 11 is 0. The molecule has 2 fully saturated rings. The van der Waals surface area contributed by atoms with E-state index in [9.17, 15) is 23.2 Å². The Morgan fingerprint density at radius 3 is 2.58 bits per heavy atom. The van der Waals surface area contributed by atoms with Crippen LogP contribution >= 0.6 is 0 Å². The van der Waals surface area contributed by atoms with Gasteiger partial charge in [-0.2, -0.15) is 0 Å². The van der Waals surface area contributed by atoms with E-state index in [1.807, 2.05) is 0 Å². The van der Waals surface area contributed by atoms with Crippen LogP contribution in [-0.2, 0) is 9.59 Å². The molecule has 7 nitrogen and oxygen atoms in total. The number of aliphatic hydroxyl groups is 1. The van der Waals surface area contributed by atoms with Crippen LogP contribution in [0.3, 0.4) is 0 Å². The molecule has 2 aliphatic heterocycles. The molecule has 3 amide bonds. The van der Waals surface area contributed by atoms with E-state index in [-0.39, 0.29) is 18.5 Å². The topological polar surface area (TPSA) is 98.7 Å². The normalized spacial score (nSPS) is 26.1. The summed E-state index contributed by atoms with van der Waals surface area (Å²) in [6, 6.07) is 0.224. The van der Waals surface area contributed by atoms with Crippen LogP contribution in [0.2, 0.25) is 0 Å². The molecule has 0 aliphatic carbocycles. The fourth-order valence-corrected chi connectivity index (χ4v) is 3.04. The molecule has 1 aromatic rings. The number of amides is 3. The van der Waals surface area contributed by atoms with E-state index in [4.69, 9.17) is 5.11 Å². The molecule has 0 spiro atoms. The number of hydrogen-bond acceptors (Lipinski definition) is 4.